The maximum Gasteiger partial charge on any atom is 0.0351 e. The van der Waals surface area contributed by atoms with Crippen LogP contribution >= 0.6 is 0 Å². The molecule has 1 unspecified atom stereocenters. The third kappa shape index (κ3) is 4.07. The second-order valence-electron chi connectivity index (χ2n) is 6.45. The Morgan fingerprint density at radius 3 is 2.05 bits per heavy atom. The highest BCUT2D eigenvalue weighted by Crippen LogP contribution is 2.34. The van der Waals surface area contributed by atoms with Gasteiger partial charge in [-0.15, -0.1) is 0 Å². The second-order valence-corrected chi connectivity index (χ2v) is 6.45. The average Bonchev–Trinajstić information content (AvgIpc) is 2.38. The van der Waals surface area contributed by atoms with E-state index in [0.29, 0.717) is 12.0 Å². The van der Waals surface area contributed by atoms with Crippen molar-refractivity contribution in [2.75, 3.05) is 6.54 Å². The number of hydrogen-bond donors (Lipinski definition) is 1. The number of benzene rings is 1. The molecule has 0 spiro atoms. The molecule has 0 heterocycles. The van der Waals surface area contributed by atoms with Crippen LogP contribution in [0.1, 0.15) is 71.6 Å². The van der Waals surface area contributed by atoms with Crippen LogP contribution in [0.4, 0.5) is 0 Å². The minimum absolute atomic E-state index is 0.205. The van der Waals surface area contributed by atoms with Gasteiger partial charge < -0.3 is 5.32 Å². The van der Waals surface area contributed by atoms with E-state index in [9.17, 15) is 0 Å². The van der Waals surface area contributed by atoms with E-state index in [0.717, 1.165) is 6.54 Å². The van der Waals surface area contributed by atoms with Crippen molar-refractivity contribution in [3.05, 3.63) is 35.4 Å². The predicted octanol–water partition coefficient (Wildman–Crippen LogP) is 5.07. The van der Waals surface area contributed by atoms with Crippen LogP contribution in [-0.4, -0.2) is 6.54 Å². The maximum atomic E-state index is 3.71. The molecule has 0 saturated heterocycles. The van der Waals surface area contributed by atoms with Gasteiger partial charge in [0.25, 0.3) is 0 Å². The Morgan fingerprint density at radius 2 is 1.58 bits per heavy atom. The smallest absolute Gasteiger partial charge is 0.0351 e. The lowest BCUT2D eigenvalue weighted by molar-refractivity contribution is 0.341. The lowest BCUT2D eigenvalue weighted by Gasteiger charge is -2.32. The van der Waals surface area contributed by atoms with Gasteiger partial charge in [-0.1, -0.05) is 78.6 Å². The molecular weight excluding hydrogens is 230 g/mol. The van der Waals surface area contributed by atoms with Crippen molar-refractivity contribution in [1.29, 1.82) is 0 Å². The Kier molecular flexibility index (Phi) is 6.06. The Balaban J connectivity index is 3.22. The van der Waals surface area contributed by atoms with Crippen LogP contribution in [-0.2, 0) is 5.41 Å². The monoisotopic (exact) mass is 261 g/mol. The molecule has 1 nitrogen and oxygen atoms in total. The largest absolute Gasteiger partial charge is 0.310 e. The van der Waals surface area contributed by atoms with Crippen molar-refractivity contribution in [1.82, 2.24) is 5.32 Å². The maximum absolute atomic E-state index is 3.71. The van der Waals surface area contributed by atoms with Gasteiger partial charge in [0.15, 0.2) is 0 Å². The molecule has 1 heteroatoms. The van der Waals surface area contributed by atoms with Crippen LogP contribution in [0.15, 0.2) is 24.3 Å². The first-order valence-electron chi connectivity index (χ1n) is 7.78. The van der Waals surface area contributed by atoms with Crippen LogP contribution < -0.4 is 5.32 Å². The van der Waals surface area contributed by atoms with Crippen molar-refractivity contribution in [3.63, 3.8) is 0 Å². The Labute approximate surface area is 119 Å². The van der Waals surface area contributed by atoms with Gasteiger partial charge in [0, 0.05) is 6.04 Å². The van der Waals surface area contributed by atoms with E-state index in [2.05, 4.69) is 71.1 Å². The van der Waals surface area contributed by atoms with Crippen LogP contribution in [0, 0.1) is 5.92 Å². The van der Waals surface area contributed by atoms with Gasteiger partial charge in [0.1, 0.15) is 0 Å². The zero-order valence-electron chi connectivity index (χ0n) is 13.6. The summed E-state index contributed by atoms with van der Waals surface area (Å²) >= 11 is 0. The molecule has 0 radical (unpaired) electrons. The highest BCUT2D eigenvalue weighted by molar-refractivity contribution is 5.35. The summed E-state index contributed by atoms with van der Waals surface area (Å²) in [4.78, 5) is 0. The summed E-state index contributed by atoms with van der Waals surface area (Å²) < 4.78 is 0. The first-order chi connectivity index (χ1) is 8.95. The van der Waals surface area contributed by atoms with Gasteiger partial charge in [-0.05, 0) is 29.0 Å². The van der Waals surface area contributed by atoms with E-state index >= 15 is 0 Å². The molecular formula is C18H31N. The molecule has 0 aliphatic carbocycles. The molecule has 0 aliphatic heterocycles. The van der Waals surface area contributed by atoms with Crippen LogP contribution in [0.3, 0.4) is 0 Å². The van der Waals surface area contributed by atoms with Gasteiger partial charge >= 0.3 is 0 Å². The first-order valence-corrected chi connectivity index (χ1v) is 7.78. The molecule has 1 aromatic rings. The fraction of sp³-hybridized carbons (Fsp3) is 0.667. The highest BCUT2D eigenvalue weighted by Gasteiger charge is 2.26. The van der Waals surface area contributed by atoms with Crippen molar-refractivity contribution >= 4 is 0 Å². The third-order valence-electron chi connectivity index (χ3n) is 4.05. The summed E-state index contributed by atoms with van der Waals surface area (Å²) in [6.45, 7) is 14.8. The van der Waals surface area contributed by atoms with E-state index in [-0.39, 0.29) is 5.41 Å². The van der Waals surface area contributed by atoms with Crippen LogP contribution in [0.25, 0.3) is 0 Å². The molecule has 0 aliphatic rings. The minimum Gasteiger partial charge on any atom is -0.310 e. The topological polar surface area (TPSA) is 12.0 Å². The van der Waals surface area contributed by atoms with Crippen molar-refractivity contribution < 1.29 is 0 Å². The van der Waals surface area contributed by atoms with Gasteiger partial charge in [-0.3, -0.25) is 0 Å². The van der Waals surface area contributed by atoms with Crippen LogP contribution in [0.5, 0.6) is 0 Å². The van der Waals surface area contributed by atoms with Crippen molar-refractivity contribution in [2.24, 2.45) is 5.92 Å². The quantitative estimate of drug-likeness (QED) is 0.753. The SMILES string of the molecule is CCNC(c1ccccc1C(C)(C)C)C(CC)CC. The van der Waals surface area contributed by atoms with Crippen LogP contribution in [0.2, 0.25) is 0 Å². The zero-order chi connectivity index (χ0) is 14.5. The zero-order valence-corrected chi connectivity index (χ0v) is 13.6. The fourth-order valence-electron chi connectivity index (χ4n) is 2.96. The van der Waals surface area contributed by atoms with Gasteiger partial charge in [-0.2, -0.15) is 0 Å². The molecule has 0 bridgehead atoms. The van der Waals surface area contributed by atoms with Gasteiger partial charge in [0.05, 0.1) is 0 Å². The summed E-state index contributed by atoms with van der Waals surface area (Å²) in [5, 5.41) is 3.71. The van der Waals surface area contributed by atoms with Crippen molar-refractivity contribution in [3.8, 4) is 0 Å². The minimum atomic E-state index is 0.205. The molecule has 108 valence electrons. The summed E-state index contributed by atoms with van der Waals surface area (Å²) in [5.41, 5.74) is 3.18. The summed E-state index contributed by atoms with van der Waals surface area (Å²) in [7, 11) is 0. The van der Waals surface area contributed by atoms with E-state index in [1.165, 1.54) is 24.0 Å². The lowest BCUT2D eigenvalue weighted by atomic mass is 9.78. The Bertz CT molecular complexity index is 372. The molecule has 0 amide bonds. The summed E-state index contributed by atoms with van der Waals surface area (Å²) in [6.07, 6.45) is 2.46. The van der Waals surface area contributed by atoms with E-state index in [1.807, 2.05) is 0 Å². The lowest BCUT2D eigenvalue weighted by Crippen LogP contribution is -2.30. The van der Waals surface area contributed by atoms with Crippen molar-refractivity contribution in [2.45, 2.75) is 65.8 Å². The van der Waals surface area contributed by atoms with Gasteiger partial charge in [0.2, 0.25) is 0 Å². The van der Waals surface area contributed by atoms with E-state index < -0.39 is 0 Å². The predicted molar refractivity (Wildman–Crippen MR) is 85.6 cm³/mol. The molecule has 0 saturated carbocycles. The fourth-order valence-corrected chi connectivity index (χ4v) is 2.96. The molecule has 1 aromatic carbocycles. The van der Waals surface area contributed by atoms with E-state index in [1.54, 1.807) is 0 Å². The standard InChI is InChI=1S/C18H31N/c1-7-14(8-2)17(19-9-3)15-12-10-11-13-16(15)18(4,5)6/h10-14,17,19H,7-9H2,1-6H3. The molecule has 19 heavy (non-hydrogen) atoms. The third-order valence-corrected chi connectivity index (χ3v) is 4.05. The summed E-state index contributed by atoms with van der Waals surface area (Å²) in [5.74, 6) is 0.712. The molecule has 0 fully saturated rings. The summed E-state index contributed by atoms with van der Waals surface area (Å²) in [6, 6.07) is 9.43. The van der Waals surface area contributed by atoms with Gasteiger partial charge in [-0.25, -0.2) is 0 Å². The molecule has 1 atom stereocenters. The average molecular weight is 261 g/mol. The molecule has 1 N–H and O–H groups in total. The highest BCUT2D eigenvalue weighted by atomic mass is 14.9. The Morgan fingerprint density at radius 1 is 1.00 bits per heavy atom. The second kappa shape index (κ2) is 7.09. The molecule has 0 aromatic heterocycles. The number of nitrogens with one attached hydrogen (secondary N) is 1. The number of hydrogen-bond acceptors (Lipinski definition) is 1. The normalized spacial score (nSPS) is 13.8. The number of rotatable bonds is 6. The molecule has 1 rings (SSSR count). The van der Waals surface area contributed by atoms with E-state index in [4.69, 9.17) is 0 Å². The first kappa shape index (κ1) is 16.2. The Hall–Kier alpha value is -0.820.